The molecule has 2 aromatic carbocycles. The Hall–Kier alpha value is -2.89. The van der Waals surface area contributed by atoms with Crippen molar-refractivity contribution in [1.29, 1.82) is 0 Å². The summed E-state index contributed by atoms with van der Waals surface area (Å²) < 4.78 is 37.5. The van der Waals surface area contributed by atoms with Gasteiger partial charge in [-0.15, -0.1) is 0 Å². The Morgan fingerprint density at radius 3 is 2.70 bits per heavy atom. The second-order valence-electron chi connectivity index (χ2n) is 6.93. The summed E-state index contributed by atoms with van der Waals surface area (Å²) in [5.74, 6) is 0.527. The molecule has 1 aliphatic rings. The van der Waals surface area contributed by atoms with Crippen molar-refractivity contribution < 1.29 is 22.7 Å². The third-order valence-electron chi connectivity index (χ3n) is 4.82. The van der Waals surface area contributed by atoms with E-state index < -0.39 is 0 Å². The maximum atomic E-state index is 13.3. The number of nitrogens with one attached hydrogen (secondary N) is 1. The Labute approximate surface area is 155 Å². The molecule has 6 heteroatoms. The third-order valence-corrected chi connectivity index (χ3v) is 4.82. The molecule has 0 saturated heterocycles. The topological polar surface area (TPSA) is 51.5 Å². The van der Waals surface area contributed by atoms with Gasteiger partial charge in [0.15, 0.2) is 0 Å². The molecule has 4 rings (SSSR count). The Balaban J connectivity index is 1.30. The van der Waals surface area contributed by atoms with Crippen LogP contribution in [0.1, 0.15) is 25.1 Å². The van der Waals surface area contributed by atoms with Crippen molar-refractivity contribution >= 4 is 16.9 Å². The molecule has 1 heterocycles. The van der Waals surface area contributed by atoms with Crippen molar-refractivity contribution in [2.24, 2.45) is 11.8 Å². The number of carbonyl (C=O) groups excluding carboxylic acids is 1. The molecule has 0 spiro atoms. The number of fused-ring (bicyclic) bond motifs is 1. The van der Waals surface area contributed by atoms with Crippen molar-refractivity contribution in [3.63, 3.8) is 0 Å². The quantitative estimate of drug-likeness (QED) is 0.689. The zero-order chi connectivity index (χ0) is 19.0. The number of rotatable bonds is 6. The van der Waals surface area contributed by atoms with E-state index >= 15 is 0 Å². The van der Waals surface area contributed by atoms with E-state index in [1.54, 1.807) is 24.3 Å². The predicted octanol–water partition coefficient (Wildman–Crippen LogP) is 4.60. The molecule has 140 valence electrons. The van der Waals surface area contributed by atoms with E-state index in [4.69, 9.17) is 9.15 Å². The number of amides is 1. The highest BCUT2D eigenvalue weighted by atomic mass is 19.1. The van der Waals surface area contributed by atoms with Crippen LogP contribution >= 0.6 is 0 Å². The second-order valence-corrected chi connectivity index (χ2v) is 6.93. The average Bonchev–Trinajstić information content (AvgIpc) is 3.31. The van der Waals surface area contributed by atoms with Crippen LogP contribution in [0.3, 0.4) is 0 Å². The number of ether oxygens (including phenoxy) is 1. The number of hydrogen-bond acceptors (Lipinski definition) is 3. The number of furan rings is 1. The van der Waals surface area contributed by atoms with Gasteiger partial charge in [0.1, 0.15) is 28.7 Å². The van der Waals surface area contributed by atoms with Crippen molar-refractivity contribution in [1.82, 2.24) is 5.32 Å². The van der Waals surface area contributed by atoms with Crippen molar-refractivity contribution in [3.8, 4) is 5.75 Å². The highest BCUT2D eigenvalue weighted by Crippen LogP contribution is 2.39. The number of hydrogen-bond donors (Lipinski definition) is 1. The number of carbonyl (C=O) groups is 1. The van der Waals surface area contributed by atoms with E-state index in [2.05, 4.69) is 5.32 Å². The second kappa shape index (κ2) is 7.02. The minimum absolute atomic E-state index is 0.0538. The zero-order valence-electron chi connectivity index (χ0n) is 14.7. The van der Waals surface area contributed by atoms with E-state index in [0.717, 1.165) is 6.42 Å². The monoisotopic (exact) mass is 371 g/mol. The van der Waals surface area contributed by atoms with Crippen LogP contribution in [-0.4, -0.2) is 12.5 Å². The summed E-state index contributed by atoms with van der Waals surface area (Å²) in [5, 5.41) is 3.61. The molecule has 1 aliphatic carbocycles. The summed E-state index contributed by atoms with van der Waals surface area (Å²) >= 11 is 0. The molecule has 27 heavy (non-hydrogen) atoms. The van der Waals surface area contributed by atoms with Gasteiger partial charge in [0.25, 0.3) is 0 Å². The average molecular weight is 371 g/mol. The fraction of sp³-hybridized carbons (Fsp3) is 0.286. The molecule has 3 atom stereocenters. The molecule has 4 nitrogen and oxygen atoms in total. The third kappa shape index (κ3) is 3.94. The van der Waals surface area contributed by atoms with Gasteiger partial charge in [-0.25, -0.2) is 8.78 Å². The summed E-state index contributed by atoms with van der Waals surface area (Å²) in [5.41, 5.74) is 0.587. The molecule has 1 N–H and O–H groups in total. The lowest BCUT2D eigenvalue weighted by atomic mass is 10.2. The summed E-state index contributed by atoms with van der Waals surface area (Å²) in [6, 6.07) is 11.6. The molecular formula is C21H19F2NO3. The lowest BCUT2D eigenvalue weighted by molar-refractivity contribution is -0.123. The van der Waals surface area contributed by atoms with Gasteiger partial charge in [0.05, 0.1) is 12.6 Å². The van der Waals surface area contributed by atoms with Crippen LogP contribution in [0.25, 0.3) is 11.0 Å². The van der Waals surface area contributed by atoms with Crippen molar-refractivity contribution in [2.45, 2.75) is 19.4 Å². The maximum Gasteiger partial charge on any atom is 0.224 e. The molecule has 1 fully saturated rings. The summed E-state index contributed by atoms with van der Waals surface area (Å²) in [6.45, 7) is 2.25. The molecule has 1 saturated carbocycles. The first-order valence-corrected chi connectivity index (χ1v) is 8.87. The van der Waals surface area contributed by atoms with Crippen molar-refractivity contribution in [2.75, 3.05) is 6.61 Å². The predicted molar refractivity (Wildman–Crippen MR) is 96.2 cm³/mol. The van der Waals surface area contributed by atoms with E-state index in [-0.39, 0.29) is 35.4 Å². The number of benzene rings is 2. The molecule has 0 bridgehead atoms. The molecule has 3 aromatic rings. The van der Waals surface area contributed by atoms with Crippen LogP contribution < -0.4 is 10.1 Å². The minimum Gasteiger partial charge on any atom is -0.493 e. The standard InChI is InChI=1S/C21H19F2NO3/c1-12(20-10-13-8-16(23)4-7-19(13)27-20)24-21(25)18-9-14(18)11-26-17-5-2-15(22)3-6-17/h2-8,10,12,14,18H,9,11H2,1H3,(H,24,25)/t12-,14?,18?/m1/s1. The molecular weight excluding hydrogens is 352 g/mol. The fourth-order valence-corrected chi connectivity index (χ4v) is 3.13. The van der Waals surface area contributed by atoms with Gasteiger partial charge in [-0.3, -0.25) is 4.79 Å². The highest BCUT2D eigenvalue weighted by molar-refractivity contribution is 5.82. The molecule has 2 unspecified atom stereocenters. The van der Waals surface area contributed by atoms with Crippen LogP contribution in [0.15, 0.2) is 52.9 Å². The van der Waals surface area contributed by atoms with E-state index in [1.165, 1.54) is 24.3 Å². The largest absolute Gasteiger partial charge is 0.493 e. The summed E-state index contributed by atoms with van der Waals surface area (Å²) in [6.07, 6.45) is 0.755. The SMILES string of the molecule is C[C@@H](NC(=O)C1CC1COc1ccc(F)cc1)c1cc2cc(F)ccc2o1. The van der Waals surface area contributed by atoms with Gasteiger partial charge < -0.3 is 14.5 Å². The first kappa shape index (κ1) is 17.5. The first-order valence-electron chi connectivity index (χ1n) is 8.87. The van der Waals surface area contributed by atoms with E-state index in [1.807, 2.05) is 6.92 Å². The number of halogens is 2. The summed E-state index contributed by atoms with van der Waals surface area (Å²) in [4.78, 5) is 12.4. The van der Waals surface area contributed by atoms with Gasteiger partial charge in [0.2, 0.25) is 5.91 Å². The summed E-state index contributed by atoms with van der Waals surface area (Å²) in [7, 11) is 0. The van der Waals surface area contributed by atoms with Gasteiger partial charge in [-0.05, 0) is 61.9 Å². The molecule has 0 aliphatic heterocycles. The smallest absolute Gasteiger partial charge is 0.224 e. The minimum atomic E-state index is -0.325. The Bertz CT molecular complexity index is 967. The van der Waals surface area contributed by atoms with Crippen LogP contribution in [-0.2, 0) is 4.79 Å². The van der Waals surface area contributed by atoms with Gasteiger partial charge in [0, 0.05) is 17.2 Å². The fourth-order valence-electron chi connectivity index (χ4n) is 3.13. The van der Waals surface area contributed by atoms with Crippen LogP contribution in [0, 0.1) is 23.5 Å². The highest BCUT2D eigenvalue weighted by Gasteiger charge is 2.43. The normalized spacial score (nSPS) is 19.7. The zero-order valence-corrected chi connectivity index (χ0v) is 14.7. The van der Waals surface area contributed by atoms with Gasteiger partial charge in [-0.1, -0.05) is 0 Å². The molecule has 0 radical (unpaired) electrons. The Kier molecular flexibility index (Phi) is 4.56. The molecule has 1 aromatic heterocycles. The molecule has 1 amide bonds. The van der Waals surface area contributed by atoms with E-state index in [9.17, 15) is 13.6 Å². The lowest BCUT2D eigenvalue weighted by Crippen LogP contribution is -2.28. The maximum absolute atomic E-state index is 13.3. The first-order chi connectivity index (χ1) is 13.0. The van der Waals surface area contributed by atoms with Crippen LogP contribution in [0.2, 0.25) is 0 Å². The van der Waals surface area contributed by atoms with Crippen LogP contribution in [0.4, 0.5) is 8.78 Å². The lowest BCUT2D eigenvalue weighted by Gasteiger charge is -2.11. The Morgan fingerprint density at radius 1 is 1.19 bits per heavy atom. The Morgan fingerprint density at radius 2 is 1.93 bits per heavy atom. The van der Waals surface area contributed by atoms with Gasteiger partial charge >= 0.3 is 0 Å². The van der Waals surface area contributed by atoms with Crippen molar-refractivity contribution in [3.05, 3.63) is 65.9 Å². The van der Waals surface area contributed by atoms with E-state index in [0.29, 0.717) is 29.1 Å². The van der Waals surface area contributed by atoms with Crippen LogP contribution in [0.5, 0.6) is 5.75 Å². The van der Waals surface area contributed by atoms with Gasteiger partial charge in [-0.2, -0.15) is 0 Å².